The van der Waals surface area contributed by atoms with Crippen LogP contribution in [0.5, 0.6) is 0 Å². The fraction of sp³-hybridized carbons (Fsp3) is 0.294. The number of hydrogen-bond acceptors (Lipinski definition) is 3. The van der Waals surface area contributed by atoms with Crippen LogP contribution in [0, 0.1) is 0 Å². The molecule has 0 spiro atoms. The van der Waals surface area contributed by atoms with Gasteiger partial charge in [0.2, 0.25) is 0 Å². The van der Waals surface area contributed by atoms with Crippen molar-refractivity contribution < 1.29 is 4.79 Å². The average molecular weight is 268 g/mol. The Kier molecular flexibility index (Phi) is 4.88. The molecule has 0 unspecified atom stereocenters. The second kappa shape index (κ2) is 6.85. The Bertz CT molecular complexity index is 576. The van der Waals surface area contributed by atoms with E-state index >= 15 is 0 Å². The molecule has 0 aliphatic heterocycles. The zero-order valence-corrected chi connectivity index (χ0v) is 11.8. The monoisotopic (exact) mass is 268 g/mol. The van der Waals surface area contributed by atoms with Crippen LogP contribution in [0.15, 0.2) is 42.6 Å². The van der Waals surface area contributed by atoms with E-state index in [1.807, 2.05) is 42.6 Å². The lowest BCUT2D eigenvalue weighted by molar-refractivity contribution is -0.118. The zero-order chi connectivity index (χ0) is 14.4. The summed E-state index contributed by atoms with van der Waals surface area (Å²) < 4.78 is 0. The van der Waals surface area contributed by atoms with Gasteiger partial charge in [-0.05, 0) is 42.2 Å². The minimum absolute atomic E-state index is 0.212. The summed E-state index contributed by atoms with van der Waals surface area (Å²) in [6.45, 7) is 2.09. The quantitative estimate of drug-likeness (QED) is 0.819. The van der Waals surface area contributed by atoms with Gasteiger partial charge in [-0.1, -0.05) is 25.1 Å². The van der Waals surface area contributed by atoms with Gasteiger partial charge in [0, 0.05) is 30.4 Å². The second-order valence-corrected chi connectivity index (χ2v) is 4.97. The molecule has 0 atom stereocenters. The minimum Gasteiger partial charge on any atom is -0.399 e. The summed E-state index contributed by atoms with van der Waals surface area (Å²) in [5, 5.41) is 0. The van der Waals surface area contributed by atoms with Crippen LogP contribution in [0.3, 0.4) is 0 Å². The van der Waals surface area contributed by atoms with Crippen molar-refractivity contribution in [1.29, 1.82) is 0 Å². The minimum atomic E-state index is 0.212. The molecule has 0 aliphatic carbocycles. The van der Waals surface area contributed by atoms with Crippen molar-refractivity contribution in [3.63, 3.8) is 0 Å². The van der Waals surface area contributed by atoms with E-state index < -0.39 is 0 Å². The van der Waals surface area contributed by atoms with Crippen LogP contribution in [0.25, 0.3) is 0 Å². The number of rotatable bonds is 6. The smallest absolute Gasteiger partial charge is 0.139 e. The molecule has 1 aromatic heterocycles. The van der Waals surface area contributed by atoms with Gasteiger partial charge >= 0.3 is 0 Å². The van der Waals surface area contributed by atoms with E-state index in [0.717, 1.165) is 29.8 Å². The number of pyridine rings is 1. The third kappa shape index (κ3) is 4.19. The summed E-state index contributed by atoms with van der Waals surface area (Å²) in [6, 6.07) is 11.7. The van der Waals surface area contributed by atoms with Crippen molar-refractivity contribution in [2.75, 3.05) is 5.73 Å². The van der Waals surface area contributed by atoms with Gasteiger partial charge < -0.3 is 5.73 Å². The SMILES string of the molecule is CCc1ccc(CC(=O)CCc2cccc(N)c2)nc1. The lowest BCUT2D eigenvalue weighted by Crippen LogP contribution is -2.06. The van der Waals surface area contributed by atoms with Crippen LogP contribution < -0.4 is 5.73 Å². The molecule has 3 nitrogen and oxygen atoms in total. The van der Waals surface area contributed by atoms with E-state index in [-0.39, 0.29) is 5.78 Å². The molecule has 20 heavy (non-hydrogen) atoms. The number of Topliss-reactive ketones (excluding diaryl/α,β-unsaturated/α-hetero) is 1. The zero-order valence-electron chi connectivity index (χ0n) is 11.8. The number of carbonyl (C=O) groups excluding carboxylic acids is 1. The van der Waals surface area contributed by atoms with Crippen molar-refractivity contribution in [3.05, 3.63) is 59.4 Å². The maximum absolute atomic E-state index is 12.0. The highest BCUT2D eigenvalue weighted by Gasteiger charge is 2.06. The Labute approximate surface area is 119 Å². The summed E-state index contributed by atoms with van der Waals surface area (Å²) in [5.41, 5.74) is 9.61. The van der Waals surface area contributed by atoms with Crippen LogP contribution in [0.1, 0.15) is 30.2 Å². The van der Waals surface area contributed by atoms with Crippen molar-refractivity contribution in [2.24, 2.45) is 0 Å². The number of benzene rings is 1. The van der Waals surface area contributed by atoms with Gasteiger partial charge in [0.25, 0.3) is 0 Å². The predicted molar refractivity (Wildman–Crippen MR) is 81.5 cm³/mol. The highest BCUT2D eigenvalue weighted by atomic mass is 16.1. The van der Waals surface area contributed by atoms with Crippen LogP contribution >= 0.6 is 0 Å². The molecule has 0 radical (unpaired) electrons. The molecular weight excluding hydrogens is 248 g/mol. The molecule has 3 heteroatoms. The number of carbonyl (C=O) groups is 1. The van der Waals surface area contributed by atoms with Gasteiger partial charge in [0.05, 0.1) is 0 Å². The Morgan fingerprint density at radius 3 is 2.70 bits per heavy atom. The van der Waals surface area contributed by atoms with E-state index in [0.29, 0.717) is 12.8 Å². The molecule has 2 N–H and O–H groups in total. The second-order valence-electron chi connectivity index (χ2n) is 4.97. The number of anilines is 1. The van der Waals surface area contributed by atoms with Gasteiger partial charge in [0.15, 0.2) is 0 Å². The third-order valence-corrected chi connectivity index (χ3v) is 3.32. The number of aryl methyl sites for hydroxylation is 2. The third-order valence-electron chi connectivity index (χ3n) is 3.32. The van der Waals surface area contributed by atoms with E-state index in [4.69, 9.17) is 5.73 Å². The first kappa shape index (κ1) is 14.3. The standard InChI is InChI=1S/C17H20N2O/c1-2-13-6-8-16(19-12-13)11-17(20)9-7-14-4-3-5-15(18)10-14/h3-6,8,10,12H,2,7,9,11,18H2,1H3. The fourth-order valence-corrected chi connectivity index (χ4v) is 2.09. The van der Waals surface area contributed by atoms with E-state index in [9.17, 15) is 4.79 Å². The van der Waals surface area contributed by atoms with Gasteiger partial charge in [-0.25, -0.2) is 0 Å². The predicted octanol–water partition coefficient (Wildman–Crippen LogP) is 2.97. The van der Waals surface area contributed by atoms with E-state index in [2.05, 4.69) is 11.9 Å². The molecule has 104 valence electrons. The van der Waals surface area contributed by atoms with Crippen molar-refractivity contribution >= 4 is 11.5 Å². The summed E-state index contributed by atoms with van der Waals surface area (Å²) in [7, 11) is 0. The first-order chi connectivity index (χ1) is 9.67. The molecule has 1 heterocycles. The molecular formula is C17H20N2O. The van der Waals surface area contributed by atoms with Crippen LogP contribution in [0.4, 0.5) is 5.69 Å². The van der Waals surface area contributed by atoms with Crippen LogP contribution in [-0.2, 0) is 24.1 Å². The molecule has 0 saturated heterocycles. The summed E-state index contributed by atoms with van der Waals surface area (Å²) in [6.07, 6.45) is 4.49. The molecule has 0 saturated carbocycles. The summed E-state index contributed by atoms with van der Waals surface area (Å²) in [5.74, 6) is 0.212. The van der Waals surface area contributed by atoms with E-state index in [1.54, 1.807) is 0 Å². The summed E-state index contributed by atoms with van der Waals surface area (Å²) >= 11 is 0. The average Bonchev–Trinajstić information content (AvgIpc) is 2.46. The van der Waals surface area contributed by atoms with Gasteiger partial charge in [-0.2, -0.15) is 0 Å². The molecule has 0 aliphatic rings. The van der Waals surface area contributed by atoms with Crippen molar-refractivity contribution in [1.82, 2.24) is 4.98 Å². The Hall–Kier alpha value is -2.16. The number of nitrogens with zero attached hydrogens (tertiary/aromatic N) is 1. The first-order valence-electron chi connectivity index (χ1n) is 6.97. The lowest BCUT2D eigenvalue weighted by atomic mass is 10.0. The Balaban J connectivity index is 1.85. The van der Waals surface area contributed by atoms with Gasteiger partial charge in [-0.3, -0.25) is 9.78 Å². The maximum Gasteiger partial charge on any atom is 0.139 e. The largest absolute Gasteiger partial charge is 0.399 e. The highest BCUT2D eigenvalue weighted by molar-refractivity contribution is 5.80. The number of nitrogen functional groups attached to an aromatic ring is 1. The van der Waals surface area contributed by atoms with Crippen molar-refractivity contribution in [3.8, 4) is 0 Å². The molecule has 0 bridgehead atoms. The number of ketones is 1. The highest BCUT2D eigenvalue weighted by Crippen LogP contribution is 2.10. The molecule has 0 fully saturated rings. The normalized spacial score (nSPS) is 10.4. The molecule has 1 aromatic carbocycles. The van der Waals surface area contributed by atoms with Crippen molar-refractivity contribution in [2.45, 2.75) is 32.6 Å². The lowest BCUT2D eigenvalue weighted by Gasteiger charge is -2.03. The Morgan fingerprint density at radius 1 is 1.20 bits per heavy atom. The maximum atomic E-state index is 12.0. The molecule has 2 rings (SSSR count). The molecule has 0 amide bonds. The topological polar surface area (TPSA) is 56.0 Å². The van der Waals surface area contributed by atoms with E-state index in [1.165, 1.54) is 5.56 Å². The van der Waals surface area contributed by atoms with Crippen LogP contribution in [0.2, 0.25) is 0 Å². The fourth-order valence-electron chi connectivity index (χ4n) is 2.09. The number of hydrogen-bond donors (Lipinski definition) is 1. The first-order valence-corrected chi connectivity index (χ1v) is 6.97. The summed E-state index contributed by atoms with van der Waals surface area (Å²) in [4.78, 5) is 16.3. The van der Waals surface area contributed by atoms with Crippen LogP contribution in [-0.4, -0.2) is 10.8 Å². The number of nitrogens with two attached hydrogens (primary N) is 1. The number of aromatic nitrogens is 1. The van der Waals surface area contributed by atoms with Gasteiger partial charge in [-0.15, -0.1) is 0 Å². The Morgan fingerprint density at radius 2 is 2.05 bits per heavy atom. The van der Waals surface area contributed by atoms with Gasteiger partial charge in [0.1, 0.15) is 5.78 Å². The molecule has 2 aromatic rings.